The van der Waals surface area contributed by atoms with Crippen LogP contribution in [0.5, 0.6) is 0 Å². The van der Waals surface area contributed by atoms with Crippen LogP contribution in [0.3, 0.4) is 0 Å². The number of hydrogen-bond acceptors (Lipinski definition) is 3. The Bertz CT molecular complexity index is 332. The van der Waals surface area contributed by atoms with Crippen molar-refractivity contribution in [2.24, 2.45) is 11.7 Å². The van der Waals surface area contributed by atoms with E-state index in [0.29, 0.717) is 5.92 Å². The van der Waals surface area contributed by atoms with Gasteiger partial charge in [0.05, 0.1) is 10.7 Å². The summed E-state index contributed by atoms with van der Waals surface area (Å²) in [5, 5.41) is 3.46. The van der Waals surface area contributed by atoms with E-state index >= 15 is 0 Å². The van der Waals surface area contributed by atoms with Crippen molar-refractivity contribution in [1.29, 1.82) is 0 Å². The smallest absolute Gasteiger partial charge is 0.0960 e. The van der Waals surface area contributed by atoms with E-state index in [-0.39, 0.29) is 6.04 Å². The quantitative estimate of drug-likeness (QED) is 0.868. The molecular formula is C13H22N2S. The molecule has 1 fully saturated rings. The predicted octanol–water partition coefficient (Wildman–Crippen LogP) is 3.85. The molecule has 0 aromatic carbocycles. The fourth-order valence-corrected chi connectivity index (χ4v) is 3.66. The summed E-state index contributed by atoms with van der Waals surface area (Å²) in [5.74, 6) is 1.62. The minimum absolute atomic E-state index is 0.0792. The Labute approximate surface area is 102 Å². The molecule has 0 amide bonds. The first kappa shape index (κ1) is 12.1. The van der Waals surface area contributed by atoms with Gasteiger partial charge in [0.25, 0.3) is 0 Å². The van der Waals surface area contributed by atoms with Gasteiger partial charge < -0.3 is 5.73 Å². The summed E-state index contributed by atoms with van der Waals surface area (Å²) in [4.78, 5) is 4.70. The van der Waals surface area contributed by atoms with E-state index in [4.69, 9.17) is 10.7 Å². The van der Waals surface area contributed by atoms with Crippen molar-refractivity contribution >= 4 is 11.3 Å². The lowest BCUT2D eigenvalue weighted by molar-refractivity contribution is 0.314. The molecule has 1 aromatic rings. The molecule has 0 spiro atoms. The first-order valence-electron chi connectivity index (χ1n) is 6.41. The summed E-state index contributed by atoms with van der Waals surface area (Å²) < 4.78 is 0. The number of rotatable bonds is 3. The van der Waals surface area contributed by atoms with Gasteiger partial charge >= 0.3 is 0 Å². The highest BCUT2D eigenvalue weighted by Crippen LogP contribution is 2.38. The SMILES string of the molecule is CCC1CCCC(c2nc(C(C)N)cs2)C1. The molecule has 2 N–H and O–H groups in total. The van der Waals surface area contributed by atoms with E-state index in [1.165, 1.54) is 37.1 Å². The molecule has 2 nitrogen and oxygen atoms in total. The van der Waals surface area contributed by atoms with Crippen molar-refractivity contribution in [2.45, 2.75) is 57.9 Å². The largest absolute Gasteiger partial charge is 0.323 e. The minimum Gasteiger partial charge on any atom is -0.323 e. The molecule has 1 aromatic heterocycles. The maximum Gasteiger partial charge on any atom is 0.0960 e. The number of thiazole rings is 1. The lowest BCUT2D eigenvalue weighted by Gasteiger charge is -2.26. The second kappa shape index (κ2) is 5.28. The van der Waals surface area contributed by atoms with Crippen LogP contribution in [0.25, 0.3) is 0 Å². The van der Waals surface area contributed by atoms with Crippen LogP contribution in [0, 0.1) is 5.92 Å². The second-order valence-electron chi connectivity index (χ2n) is 5.04. The first-order valence-corrected chi connectivity index (χ1v) is 7.29. The normalized spacial score (nSPS) is 27.9. The van der Waals surface area contributed by atoms with Crippen molar-refractivity contribution < 1.29 is 0 Å². The molecule has 90 valence electrons. The van der Waals surface area contributed by atoms with E-state index in [9.17, 15) is 0 Å². The Hall–Kier alpha value is -0.410. The minimum atomic E-state index is 0.0792. The second-order valence-corrected chi connectivity index (χ2v) is 5.93. The topological polar surface area (TPSA) is 38.9 Å². The molecule has 1 heterocycles. The molecular weight excluding hydrogens is 216 g/mol. The number of aromatic nitrogens is 1. The zero-order chi connectivity index (χ0) is 11.5. The molecule has 1 aliphatic carbocycles. The summed E-state index contributed by atoms with van der Waals surface area (Å²) >= 11 is 1.81. The molecule has 0 radical (unpaired) electrons. The molecule has 3 heteroatoms. The van der Waals surface area contributed by atoms with Crippen molar-refractivity contribution in [2.75, 3.05) is 0 Å². The first-order chi connectivity index (χ1) is 7.70. The van der Waals surface area contributed by atoms with Crippen molar-refractivity contribution in [1.82, 2.24) is 4.98 Å². The Morgan fingerprint density at radius 1 is 1.56 bits per heavy atom. The summed E-state index contributed by atoms with van der Waals surface area (Å²) in [6.07, 6.45) is 6.77. The van der Waals surface area contributed by atoms with Crippen LogP contribution >= 0.6 is 11.3 Å². The van der Waals surface area contributed by atoms with Crippen LogP contribution in [-0.4, -0.2) is 4.98 Å². The van der Waals surface area contributed by atoms with Crippen molar-refractivity contribution in [3.8, 4) is 0 Å². The molecule has 0 saturated heterocycles. The van der Waals surface area contributed by atoms with Crippen LogP contribution in [0.1, 0.15) is 68.6 Å². The maximum atomic E-state index is 5.85. The van der Waals surface area contributed by atoms with Gasteiger partial charge in [-0.1, -0.05) is 26.2 Å². The highest BCUT2D eigenvalue weighted by Gasteiger charge is 2.24. The van der Waals surface area contributed by atoms with Gasteiger partial charge in [-0.2, -0.15) is 0 Å². The lowest BCUT2D eigenvalue weighted by Crippen LogP contribution is -2.14. The van der Waals surface area contributed by atoms with Gasteiger partial charge in [-0.05, 0) is 25.7 Å². The zero-order valence-electron chi connectivity index (χ0n) is 10.3. The van der Waals surface area contributed by atoms with Gasteiger partial charge in [-0.3, -0.25) is 0 Å². The zero-order valence-corrected chi connectivity index (χ0v) is 11.1. The lowest BCUT2D eigenvalue weighted by atomic mass is 9.80. The monoisotopic (exact) mass is 238 g/mol. The number of nitrogens with zero attached hydrogens (tertiary/aromatic N) is 1. The van der Waals surface area contributed by atoms with E-state index < -0.39 is 0 Å². The molecule has 3 atom stereocenters. The predicted molar refractivity (Wildman–Crippen MR) is 69.7 cm³/mol. The average Bonchev–Trinajstić information content (AvgIpc) is 2.78. The Morgan fingerprint density at radius 3 is 3.00 bits per heavy atom. The standard InChI is InChI=1S/C13H22N2S/c1-3-10-5-4-6-11(7-10)13-15-12(8-16-13)9(2)14/h8-11H,3-7,14H2,1-2H3. The fraction of sp³-hybridized carbons (Fsp3) is 0.769. The van der Waals surface area contributed by atoms with Crippen LogP contribution in [0.15, 0.2) is 5.38 Å². The van der Waals surface area contributed by atoms with E-state index in [0.717, 1.165) is 11.6 Å². The van der Waals surface area contributed by atoms with Crippen molar-refractivity contribution in [3.05, 3.63) is 16.1 Å². The Kier molecular flexibility index (Phi) is 3.98. The van der Waals surface area contributed by atoms with Crippen LogP contribution in [0.4, 0.5) is 0 Å². The molecule has 3 unspecified atom stereocenters. The number of nitrogens with two attached hydrogens (primary N) is 1. The molecule has 2 rings (SSSR count). The number of hydrogen-bond donors (Lipinski definition) is 1. The Morgan fingerprint density at radius 2 is 2.38 bits per heavy atom. The third-order valence-corrected chi connectivity index (χ3v) is 4.74. The molecule has 16 heavy (non-hydrogen) atoms. The van der Waals surface area contributed by atoms with E-state index in [1.54, 1.807) is 11.3 Å². The van der Waals surface area contributed by atoms with Crippen molar-refractivity contribution in [3.63, 3.8) is 0 Å². The van der Waals surface area contributed by atoms with Gasteiger partial charge in [-0.25, -0.2) is 4.98 Å². The Balaban J connectivity index is 2.05. The fourth-order valence-electron chi connectivity index (χ4n) is 2.58. The van der Waals surface area contributed by atoms with Gasteiger partial charge in [0.1, 0.15) is 0 Å². The van der Waals surface area contributed by atoms with Crippen LogP contribution in [-0.2, 0) is 0 Å². The summed E-state index contributed by atoms with van der Waals surface area (Å²) in [7, 11) is 0. The third-order valence-electron chi connectivity index (χ3n) is 3.72. The van der Waals surface area contributed by atoms with Gasteiger partial charge in [-0.15, -0.1) is 11.3 Å². The van der Waals surface area contributed by atoms with Gasteiger partial charge in [0.15, 0.2) is 0 Å². The molecule has 0 aliphatic heterocycles. The van der Waals surface area contributed by atoms with E-state index in [1.807, 2.05) is 6.92 Å². The maximum absolute atomic E-state index is 5.85. The molecule has 1 saturated carbocycles. The van der Waals surface area contributed by atoms with Crippen LogP contribution < -0.4 is 5.73 Å². The van der Waals surface area contributed by atoms with Gasteiger partial charge in [0.2, 0.25) is 0 Å². The molecule has 1 aliphatic rings. The highest BCUT2D eigenvalue weighted by molar-refractivity contribution is 7.09. The average molecular weight is 238 g/mol. The van der Waals surface area contributed by atoms with E-state index in [2.05, 4.69) is 12.3 Å². The highest BCUT2D eigenvalue weighted by atomic mass is 32.1. The summed E-state index contributed by atoms with van der Waals surface area (Å²) in [6, 6.07) is 0.0792. The van der Waals surface area contributed by atoms with Crippen LogP contribution in [0.2, 0.25) is 0 Å². The molecule has 0 bridgehead atoms. The van der Waals surface area contributed by atoms with Gasteiger partial charge in [0, 0.05) is 17.3 Å². The third kappa shape index (κ3) is 2.64. The summed E-state index contributed by atoms with van der Waals surface area (Å²) in [5.41, 5.74) is 6.92. The summed E-state index contributed by atoms with van der Waals surface area (Å²) in [6.45, 7) is 4.32.